The van der Waals surface area contributed by atoms with Crippen molar-refractivity contribution >= 4 is 16.5 Å². The molecule has 2 aromatic carbocycles. The second-order valence-corrected chi connectivity index (χ2v) is 8.53. The number of nitrogens with two attached hydrogens (primary N) is 1. The highest BCUT2D eigenvalue weighted by Gasteiger charge is 2.28. The molecule has 1 aliphatic carbocycles. The minimum Gasteiger partial charge on any atom is -0.344 e. The molecule has 0 radical (unpaired) electrons. The van der Waals surface area contributed by atoms with Gasteiger partial charge in [0, 0.05) is 12.1 Å². The molecular weight excluding hydrogens is 304 g/mol. The van der Waals surface area contributed by atoms with Gasteiger partial charge in [0.25, 0.3) is 0 Å². The first-order chi connectivity index (χ1) is 12.1. The van der Waals surface area contributed by atoms with Gasteiger partial charge in [-0.1, -0.05) is 42.8 Å². The van der Waals surface area contributed by atoms with Crippen molar-refractivity contribution in [2.45, 2.75) is 70.4 Å². The molecule has 1 heterocycles. The van der Waals surface area contributed by atoms with Gasteiger partial charge in [-0.3, -0.25) is 4.99 Å². The molecule has 0 spiro atoms. The van der Waals surface area contributed by atoms with Crippen molar-refractivity contribution in [1.82, 2.24) is 0 Å². The molecule has 0 bridgehead atoms. The maximum Gasteiger partial charge on any atom is 0.0859 e. The fraction of sp³-hybridized carbons (Fsp3) is 0.522. The van der Waals surface area contributed by atoms with Crippen LogP contribution in [0.25, 0.3) is 10.8 Å². The van der Waals surface area contributed by atoms with E-state index in [1.165, 1.54) is 66.3 Å². The van der Waals surface area contributed by atoms with Gasteiger partial charge in [-0.2, -0.15) is 0 Å². The van der Waals surface area contributed by atoms with Crippen LogP contribution in [0, 0.1) is 0 Å². The van der Waals surface area contributed by atoms with Gasteiger partial charge in [0.2, 0.25) is 0 Å². The summed E-state index contributed by atoms with van der Waals surface area (Å²) in [6.07, 6.45) is 9.21. The van der Waals surface area contributed by atoms with Crippen molar-refractivity contribution in [1.29, 1.82) is 0 Å². The summed E-state index contributed by atoms with van der Waals surface area (Å²) in [7, 11) is 0. The predicted octanol–water partition coefficient (Wildman–Crippen LogP) is 4.25. The molecule has 2 heteroatoms. The highest BCUT2D eigenvalue weighted by atomic mass is 14.9. The van der Waals surface area contributed by atoms with Gasteiger partial charge in [0.05, 0.1) is 18.1 Å². The highest BCUT2D eigenvalue weighted by Crippen LogP contribution is 2.33. The molecule has 2 N–H and O–H groups in total. The minimum atomic E-state index is 0.0112. The maximum atomic E-state index is 5.14. The molecule has 2 nitrogen and oxygen atoms in total. The number of benzene rings is 2. The highest BCUT2D eigenvalue weighted by molar-refractivity contribution is 6.07. The molecule has 1 aliphatic heterocycles. The molecular formula is C23H31N2+. The topological polar surface area (TPSA) is 29.0 Å². The van der Waals surface area contributed by atoms with Crippen molar-refractivity contribution in [3.05, 3.63) is 47.5 Å². The van der Waals surface area contributed by atoms with E-state index < -0.39 is 0 Å². The Labute approximate surface area is 151 Å². The van der Waals surface area contributed by atoms with Gasteiger partial charge < -0.3 is 5.32 Å². The third-order valence-electron chi connectivity index (χ3n) is 5.93. The number of quaternary nitrogens is 1. The number of rotatable bonds is 4. The summed E-state index contributed by atoms with van der Waals surface area (Å²) in [5.41, 5.74) is 4.24. The van der Waals surface area contributed by atoms with Crippen LogP contribution in [0.15, 0.2) is 41.4 Å². The summed E-state index contributed by atoms with van der Waals surface area (Å²) in [5.74, 6) is 0. The lowest BCUT2D eigenvalue weighted by molar-refractivity contribution is -0.690. The maximum absolute atomic E-state index is 5.14. The van der Waals surface area contributed by atoms with Crippen LogP contribution in [-0.4, -0.2) is 23.8 Å². The van der Waals surface area contributed by atoms with Crippen LogP contribution >= 0.6 is 0 Å². The van der Waals surface area contributed by atoms with Crippen LogP contribution < -0.4 is 5.32 Å². The molecule has 0 unspecified atom stereocenters. The lowest BCUT2D eigenvalue weighted by Gasteiger charge is -2.30. The van der Waals surface area contributed by atoms with E-state index in [1.54, 1.807) is 0 Å². The van der Waals surface area contributed by atoms with Crippen molar-refractivity contribution in [2.24, 2.45) is 4.99 Å². The zero-order valence-electron chi connectivity index (χ0n) is 15.7. The predicted molar refractivity (Wildman–Crippen MR) is 107 cm³/mol. The summed E-state index contributed by atoms with van der Waals surface area (Å²) >= 11 is 0. The average molecular weight is 336 g/mol. The fourth-order valence-electron chi connectivity index (χ4n) is 4.71. The molecule has 1 fully saturated rings. The quantitative estimate of drug-likeness (QED) is 0.865. The molecule has 0 amide bonds. The van der Waals surface area contributed by atoms with Gasteiger partial charge in [-0.15, -0.1) is 0 Å². The van der Waals surface area contributed by atoms with Crippen molar-refractivity contribution in [3.63, 3.8) is 0 Å². The second-order valence-electron chi connectivity index (χ2n) is 8.53. The van der Waals surface area contributed by atoms with Gasteiger partial charge >= 0.3 is 0 Å². The Bertz CT molecular complexity index is 782. The molecule has 0 aromatic heterocycles. The molecule has 0 atom stereocenters. The summed E-state index contributed by atoms with van der Waals surface area (Å²) in [4.78, 5) is 5.14. The van der Waals surface area contributed by atoms with Gasteiger partial charge in [0.1, 0.15) is 0 Å². The minimum absolute atomic E-state index is 0.0112. The van der Waals surface area contributed by atoms with Gasteiger partial charge in [-0.25, -0.2) is 0 Å². The lowest BCUT2D eigenvalue weighted by Crippen LogP contribution is -2.90. The Kier molecular flexibility index (Phi) is 4.64. The largest absolute Gasteiger partial charge is 0.344 e. The van der Waals surface area contributed by atoms with E-state index in [0.717, 1.165) is 18.9 Å². The van der Waals surface area contributed by atoms with E-state index in [1.807, 2.05) is 0 Å². The smallest absolute Gasteiger partial charge is 0.0859 e. The molecule has 0 saturated heterocycles. The number of nitrogens with zero attached hydrogens (tertiary/aromatic N) is 1. The summed E-state index contributed by atoms with van der Waals surface area (Å²) in [6.45, 7) is 5.73. The standard InChI is InChI=1S/C23H30N2/c1-23(2)16-21-19-11-7-6-8-17(19)12-13-20(21)22(25-23)14-15-24-18-9-4-3-5-10-18/h6-8,11-13,18,24H,3-5,9-10,14-16H2,1-2H3/p+1. The summed E-state index contributed by atoms with van der Waals surface area (Å²) in [5, 5.41) is 5.35. The lowest BCUT2D eigenvalue weighted by atomic mass is 9.83. The molecule has 25 heavy (non-hydrogen) atoms. The van der Waals surface area contributed by atoms with Crippen LogP contribution in [0.2, 0.25) is 0 Å². The number of hydrogen-bond acceptors (Lipinski definition) is 1. The van der Waals surface area contributed by atoms with E-state index in [9.17, 15) is 0 Å². The fourth-order valence-corrected chi connectivity index (χ4v) is 4.71. The zero-order valence-corrected chi connectivity index (χ0v) is 15.7. The number of fused-ring (bicyclic) bond motifs is 3. The molecule has 2 aliphatic rings. The Morgan fingerprint density at radius 2 is 1.84 bits per heavy atom. The number of aliphatic imine (C=N–C) groups is 1. The third kappa shape index (κ3) is 3.64. The van der Waals surface area contributed by atoms with E-state index in [0.29, 0.717) is 0 Å². The van der Waals surface area contributed by atoms with Crippen LogP contribution in [-0.2, 0) is 6.42 Å². The van der Waals surface area contributed by atoms with E-state index >= 15 is 0 Å². The SMILES string of the molecule is CC1(C)Cc2c(ccc3ccccc23)C(CC[NH2+]C2CCCCC2)=N1. The van der Waals surface area contributed by atoms with Crippen LogP contribution in [0.1, 0.15) is 63.5 Å². The second kappa shape index (κ2) is 6.92. The van der Waals surface area contributed by atoms with E-state index in [4.69, 9.17) is 4.99 Å². The molecule has 1 saturated carbocycles. The first-order valence-corrected chi connectivity index (χ1v) is 10.1. The van der Waals surface area contributed by atoms with E-state index in [2.05, 4.69) is 55.6 Å². The van der Waals surface area contributed by atoms with Crippen LogP contribution in [0.5, 0.6) is 0 Å². The van der Waals surface area contributed by atoms with Gasteiger partial charge in [-0.05, 0) is 67.9 Å². The van der Waals surface area contributed by atoms with E-state index in [-0.39, 0.29) is 5.54 Å². The van der Waals surface area contributed by atoms with Gasteiger partial charge in [0.15, 0.2) is 0 Å². The van der Waals surface area contributed by atoms with Crippen molar-refractivity contribution in [3.8, 4) is 0 Å². The Morgan fingerprint density at radius 1 is 1.04 bits per heavy atom. The Balaban J connectivity index is 1.57. The first kappa shape index (κ1) is 16.8. The number of hydrogen-bond donors (Lipinski definition) is 1. The third-order valence-corrected chi connectivity index (χ3v) is 5.93. The zero-order chi connectivity index (χ0) is 17.3. The molecule has 132 valence electrons. The summed E-state index contributed by atoms with van der Waals surface area (Å²) in [6, 6.07) is 14.2. The van der Waals surface area contributed by atoms with Crippen LogP contribution in [0.4, 0.5) is 0 Å². The normalized spacial score (nSPS) is 20.3. The average Bonchev–Trinajstić information content (AvgIpc) is 2.61. The monoisotopic (exact) mass is 335 g/mol. The Morgan fingerprint density at radius 3 is 2.68 bits per heavy atom. The van der Waals surface area contributed by atoms with Crippen molar-refractivity contribution in [2.75, 3.05) is 6.54 Å². The molecule has 2 aromatic rings. The van der Waals surface area contributed by atoms with Crippen LogP contribution in [0.3, 0.4) is 0 Å². The Hall–Kier alpha value is -1.67. The summed E-state index contributed by atoms with van der Waals surface area (Å²) < 4.78 is 0. The first-order valence-electron chi connectivity index (χ1n) is 10.1. The van der Waals surface area contributed by atoms with Crippen molar-refractivity contribution < 1.29 is 5.32 Å². The molecule has 4 rings (SSSR count).